The molecule has 0 aliphatic heterocycles. The van der Waals surface area contributed by atoms with E-state index < -0.39 is 0 Å². The normalized spacial score (nSPS) is 20.1. The predicted molar refractivity (Wildman–Crippen MR) is 67.0 cm³/mol. The summed E-state index contributed by atoms with van der Waals surface area (Å²) in [6, 6.07) is 0.792. The van der Waals surface area contributed by atoms with Crippen LogP contribution >= 0.6 is 11.8 Å². The Balaban J connectivity index is 1.36. The molecule has 1 aromatic heterocycles. The quantitative estimate of drug-likeness (QED) is 0.596. The predicted octanol–water partition coefficient (Wildman–Crippen LogP) is 2.25. The first-order chi connectivity index (χ1) is 8.33. The van der Waals surface area contributed by atoms with Crippen molar-refractivity contribution in [1.29, 1.82) is 0 Å². The van der Waals surface area contributed by atoms with E-state index in [4.69, 9.17) is 4.42 Å². The van der Waals surface area contributed by atoms with E-state index in [2.05, 4.69) is 15.5 Å². The highest BCUT2D eigenvalue weighted by molar-refractivity contribution is 7.99. The van der Waals surface area contributed by atoms with Gasteiger partial charge in [0.2, 0.25) is 5.89 Å². The lowest BCUT2D eigenvalue weighted by atomic mass is 10.1. The van der Waals surface area contributed by atoms with Crippen molar-refractivity contribution < 1.29 is 4.42 Å². The third-order valence-electron chi connectivity index (χ3n) is 3.47. The Morgan fingerprint density at radius 3 is 2.53 bits per heavy atom. The van der Waals surface area contributed by atoms with Gasteiger partial charge >= 0.3 is 0 Å². The molecule has 0 saturated heterocycles. The molecule has 0 spiro atoms. The third-order valence-corrected chi connectivity index (χ3v) is 4.30. The van der Waals surface area contributed by atoms with Crippen molar-refractivity contribution in [2.24, 2.45) is 11.8 Å². The molecular weight excluding hydrogens is 234 g/mol. The summed E-state index contributed by atoms with van der Waals surface area (Å²) in [6.07, 6.45) is 5.74. The van der Waals surface area contributed by atoms with E-state index in [0.717, 1.165) is 30.2 Å². The van der Waals surface area contributed by atoms with E-state index in [0.29, 0.717) is 11.1 Å². The summed E-state index contributed by atoms with van der Waals surface area (Å²) in [5.41, 5.74) is 0. The van der Waals surface area contributed by atoms with E-state index in [9.17, 15) is 0 Å². The summed E-state index contributed by atoms with van der Waals surface area (Å²) in [7, 11) is 0. The number of rotatable bonds is 7. The van der Waals surface area contributed by atoms with Crippen molar-refractivity contribution in [1.82, 2.24) is 15.5 Å². The van der Waals surface area contributed by atoms with Crippen LogP contribution in [0.15, 0.2) is 9.64 Å². The molecule has 1 aromatic rings. The van der Waals surface area contributed by atoms with Crippen molar-refractivity contribution in [3.8, 4) is 0 Å². The van der Waals surface area contributed by atoms with Crippen LogP contribution in [0.1, 0.15) is 31.6 Å². The molecule has 0 unspecified atom stereocenters. The van der Waals surface area contributed by atoms with Gasteiger partial charge in [0.25, 0.3) is 5.22 Å². The number of nitrogens with zero attached hydrogens (tertiary/aromatic N) is 2. The van der Waals surface area contributed by atoms with Crippen LogP contribution in [0.4, 0.5) is 0 Å². The van der Waals surface area contributed by atoms with Gasteiger partial charge in [-0.05, 0) is 37.5 Å². The molecule has 0 bridgehead atoms. The summed E-state index contributed by atoms with van der Waals surface area (Å²) >= 11 is 1.64. The number of aryl methyl sites for hydroxylation is 1. The van der Waals surface area contributed by atoms with Crippen molar-refractivity contribution in [2.75, 3.05) is 12.3 Å². The lowest BCUT2D eigenvalue weighted by molar-refractivity contribution is 0.423. The van der Waals surface area contributed by atoms with E-state index in [1.54, 1.807) is 11.8 Å². The zero-order valence-electron chi connectivity index (χ0n) is 10.2. The zero-order chi connectivity index (χ0) is 11.7. The maximum atomic E-state index is 5.32. The summed E-state index contributed by atoms with van der Waals surface area (Å²) in [6.45, 7) is 2.87. The third kappa shape index (κ3) is 3.22. The summed E-state index contributed by atoms with van der Waals surface area (Å²) in [5, 5.41) is 12.2. The molecule has 0 atom stereocenters. The highest BCUT2D eigenvalue weighted by Crippen LogP contribution is 2.44. The number of nitrogens with one attached hydrogen (secondary N) is 1. The number of hydrogen-bond donors (Lipinski definition) is 1. The average molecular weight is 253 g/mol. The maximum absolute atomic E-state index is 5.32. The van der Waals surface area contributed by atoms with Crippen LogP contribution in [0.25, 0.3) is 0 Å². The van der Waals surface area contributed by atoms with E-state index in [-0.39, 0.29) is 0 Å². The highest BCUT2D eigenvalue weighted by Gasteiger charge is 2.40. The number of thioether (sulfide) groups is 1. The minimum atomic E-state index is 0.647. The van der Waals surface area contributed by atoms with Gasteiger partial charge in [0.1, 0.15) is 0 Å². The molecule has 0 amide bonds. The van der Waals surface area contributed by atoms with Crippen LogP contribution in [0.3, 0.4) is 0 Å². The van der Waals surface area contributed by atoms with Crippen LogP contribution in [-0.4, -0.2) is 28.5 Å². The molecule has 94 valence electrons. The van der Waals surface area contributed by atoms with Gasteiger partial charge in [-0.3, -0.25) is 0 Å². The first-order valence-electron chi connectivity index (χ1n) is 6.49. The van der Waals surface area contributed by atoms with E-state index >= 15 is 0 Å². The van der Waals surface area contributed by atoms with Gasteiger partial charge in [-0.25, -0.2) is 0 Å². The molecule has 1 N–H and O–H groups in total. The fourth-order valence-electron chi connectivity index (χ4n) is 2.33. The molecule has 0 radical (unpaired) electrons. The van der Waals surface area contributed by atoms with Crippen molar-refractivity contribution in [3.05, 3.63) is 5.89 Å². The summed E-state index contributed by atoms with van der Waals surface area (Å²) in [4.78, 5) is 0. The van der Waals surface area contributed by atoms with Gasteiger partial charge in [-0.15, -0.1) is 10.2 Å². The minimum Gasteiger partial charge on any atom is -0.416 e. The second kappa shape index (κ2) is 4.98. The lowest BCUT2D eigenvalue weighted by Crippen LogP contribution is -2.34. The Morgan fingerprint density at radius 1 is 1.29 bits per heavy atom. The van der Waals surface area contributed by atoms with E-state index in [1.807, 2.05) is 6.92 Å². The average Bonchev–Trinajstić information content (AvgIpc) is 3.20. The van der Waals surface area contributed by atoms with Crippen LogP contribution in [0, 0.1) is 18.8 Å². The van der Waals surface area contributed by atoms with E-state index in [1.165, 1.54) is 25.7 Å². The van der Waals surface area contributed by atoms with Crippen LogP contribution < -0.4 is 5.32 Å². The fraction of sp³-hybridized carbons (Fsp3) is 0.833. The first kappa shape index (κ1) is 11.5. The standard InChI is InChI=1S/C12H19N3OS/c1-8-14-15-12(16-8)17-7-6-13-11(9-2-3-9)10-4-5-10/h9-11,13H,2-7H2,1H3. The Hall–Kier alpha value is -0.550. The summed E-state index contributed by atoms with van der Waals surface area (Å²) < 4.78 is 5.32. The lowest BCUT2D eigenvalue weighted by Gasteiger charge is -2.16. The molecular formula is C12H19N3OS. The highest BCUT2D eigenvalue weighted by atomic mass is 32.2. The molecule has 17 heavy (non-hydrogen) atoms. The largest absolute Gasteiger partial charge is 0.416 e. The Kier molecular flexibility index (Phi) is 3.38. The van der Waals surface area contributed by atoms with Gasteiger partial charge in [-0.1, -0.05) is 11.8 Å². The SMILES string of the molecule is Cc1nnc(SCCNC(C2CC2)C2CC2)o1. The van der Waals surface area contributed by atoms with Crippen molar-refractivity contribution >= 4 is 11.8 Å². The molecule has 2 aliphatic rings. The Bertz CT molecular complexity index is 362. The van der Waals surface area contributed by atoms with Gasteiger partial charge in [0.15, 0.2) is 0 Å². The number of hydrogen-bond acceptors (Lipinski definition) is 5. The van der Waals surface area contributed by atoms with Crippen LogP contribution in [0.2, 0.25) is 0 Å². The van der Waals surface area contributed by atoms with Gasteiger partial charge in [0.05, 0.1) is 0 Å². The first-order valence-corrected chi connectivity index (χ1v) is 7.48. The maximum Gasteiger partial charge on any atom is 0.276 e. The Morgan fingerprint density at radius 2 is 2.00 bits per heavy atom. The van der Waals surface area contributed by atoms with Gasteiger partial charge in [-0.2, -0.15) is 0 Å². The van der Waals surface area contributed by atoms with Crippen LogP contribution in [0.5, 0.6) is 0 Å². The minimum absolute atomic E-state index is 0.647. The topological polar surface area (TPSA) is 51.0 Å². The summed E-state index contributed by atoms with van der Waals surface area (Å²) in [5.74, 6) is 3.60. The molecule has 2 fully saturated rings. The van der Waals surface area contributed by atoms with Crippen molar-refractivity contribution in [2.45, 2.75) is 43.9 Å². The Labute approximate surface area is 106 Å². The van der Waals surface area contributed by atoms with Gasteiger partial charge in [0, 0.05) is 25.3 Å². The smallest absolute Gasteiger partial charge is 0.276 e. The van der Waals surface area contributed by atoms with Crippen molar-refractivity contribution in [3.63, 3.8) is 0 Å². The molecule has 0 aromatic carbocycles. The van der Waals surface area contributed by atoms with Crippen LogP contribution in [-0.2, 0) is 0 Å². The number of aromatic nitrogens is 2. The molecule has 2 aliphatic carbocycles. The monoisotopic (exact) mass is 253 g/mol. The molecule has 1 heterocycles. The second-order valence-corrected chi connectivity index (χ2v) is 6.14. The molecule has 2 saturated carbocycles. The second-order valence-electron chi connectivity index (χ2n) is 5.09. The zero-order valence-corrected chi connectivity index (χ0v) is 11.0. The molecule has 3 rings (SSSR count). The fourth-order valence-corrected chi connectivity index (χ4v) is 3.00. The van der Waals surface area contributed by atoms with Gasteiger partial charge < -0.3 is 9.73 Å². The molecule has 5 heteroatoms. The molecule has 4 nitrogen and oxygen atoms in total.